The molecule has 1 nitrogen and oxygen atoms in total. The molecule has 0 aliphatic rings. The standard InChI is InChI=1S/C68H43NS2/c1-3-17-55-45(13-1)15-9-21-57(55)50-41-49(42-51(43-50)58-22-10-16-46-14-2-4-18-56(46)58)44-29-35-52(36-30-44)69(53-37-31-47(32-38-53)59-23-11-25-63-61-19-5-7-27-65(61)70-67(59)63)54-39-33-48(34-40-54)60-24-12-26-64-62-20-6-8-28-66(62)71-68(60)64/h1-43H. The molecule has 0 aliphatic carbocycles. The second kappa shape index (κ2) is 17.1. The molecular formula is C68H43NS2. The molecular weight excluding hydrogens is 895 g/mol. The molecule has 0 fully saturated rings. The molecule has 0 unspecified atom stereocenters. The van der Waals surface area contributed by atoms with Crippen LogP contribution >= 0.6 is 22.7 Å². The molecule has 332 valence electrons. The van der Waals surface area contributed by atoms with Gasteiger partial charge in [0.1, 0.15) is 0 Å². The Balaban J connectivity index is 0.888. The van der Waals surface area contributed by atoms with Gasteiger partial charge in [-0.25, -0.2) is 0 Å². The normalized spacial score (nSPS) is 11.7. The van der Waals surface area contributed by atoms with E-state index in [0.717, 1.165) is 22.6 Å². The lowest BCUT2D eigenvalue weighted by Gasteiger charge is -2.26. The summed E-state index contributed by atoms with van der Waals surface area (Å²) in [5.74, 6) is 0. The number of hydrogen-bond acceptors (Lipinski definition) is 3. The molecule has 14 rings (SSSR count). The van der Waals surface area contributed by atoms with E-state index in [0.29, 0.717) is 0 Å². The average Bonchev–Trinajstić information content (AvgIpc) is 4.02. The molecule has 0 spiro atoms. The third-order valence-electron chi connectivity index (χ3n) is 14.3. The fourth-order valence-electron chi connectivity index (χ4n) is 10.8. The number of nitrogens with zero attached hydrogens (tertiary/aromatic N) is 1. The van der Waals surface area contributed by atoms with Crippen molar-refractivity contribution in [2.24, 2.45) is 0 Å². The molecule has 0 saturated heterocycles. The molecule has 14 aromatic rings. The van der Waals surface area contributed by atoms with Gasteiger partial charge >= 0.3 is 0 Å². The predicted octanol–water partition coefficient (Wildman–Crippen LogP) is 20.5. The Morgan fingerprint density at radius 3 is 1.03 bits per heavy atom. The van der Waals surface area contributed by atoms with Gasteiger partial charge in [0.25, 0.3) is 0 Å². The molecule has 0 radical (unpaired) electrons. The maximum absolute atomic E-state index is 2.39. The van der Waals surface area contributed by atoms with Crippen LogP contribution in [0.5, 0.6) is 0 Å². The van der Waals surface area contributed by atoms with Crippen LogP contribution in [-0.2, 0) is 0 Å². The lowest BCUT2D eigenvalue weighted by atomic mass is 9.90. The topological polar surface area (TPSA) is 3.24 Å². The molecule has 71 heavy (non-hydrogen) atoms. The molecule has 2 aromatic heterocycles. The van der Waals surface area contributed by atoms with E-state index in [2.05, 4.69) is 266 Å². The lowest BCUT2D eigenvalue weighted by molar-refractivity contribution is 1.28. The van der Waals surface area contributed by atoms with Gasteiger partial charge in [-0.1, -0.05) is 194 Å². The first-order valence-electron chi connectivity index (χ1n) is 24.2. The molecule has 0 aliphatic heterocycles. The minimum atomic E-state index is 1.09. The molecule has 12 aromatic carbocycles. The summed E-state index contributed by atoms with van der Waals surface area (Å²) in [6.45, 7) is 0. The van der Waals surface area contributed by atoms with Gasteiger partial charge in [-0.2, -0.15) is 0 Å². The van der Waals surface area contributed by atoms with Crippen LogP contribution in [0.3, 0.4) is 0 Å². The third kappa shape index (κ3) is 7.21. The van der Waals surface area contributed by atoms with E-state index in [9.17, 15) is 0 Å². The molecule has 0 amide bonds. The lowest BCUT2D eigenvalue weighted by Crippen LogP contribution is -2.09. The van der Waals surface area contributed by atoms with E-state index in [4.69, 9.17) is 0 Å². The summed E-state index contributed by atoms with van der Waals surface area (Å²) < 4.78 is 5.29. The monoisotopic (exact) mass is 937 g/mol. The number of hydrogen-bond donors (Lipinski definition) is 0. The highest BCUT2D eigenvalue weighted by Crippen LogP contribution is 2.45. The van der Waals surface area contributed by atoms with Crippen LogP contribution in [0.1, 0.15) is 0 Å². The van der Waals surface area contributed by atoms with Gasteiger partial charge in [0.2, 0.25) is 0 Å². The van der Waals surface area contributed by atoms with E-state index in [1.807, 2.05) is 22.7 Å². The summed E-state index contributed by atoms with van der Waals surface area (Å²) in [6, 6.07) is 96.2. The Hall–Kier alpha value is -8.60. The van der Waals surface area contributed by atoms with Gasteiger partial charge in [-0.05, 0) is 144 Å². The minimum absolute atomic E-state index is 1.09. The van der Waals surface area contributed by atoms with Crippen molar-refractivity contribution in [3.05, 3.63) is 261 Å². The molecule has 0 atom stereocenters. The van der Waals surface area contributed by atoms with Gasteiger partial charge in [-0.3, -0.25) is 0 Å². The fourth-order valence-corrected chi connectivity index (χ4v) is 13.3. The molecule has 3 heteroatoms. The first-order chi connectivity index (χ1) is 35.2. The number of fused-ring (bicyclic) bond motifs is 8. The van der Waals surface area contributed by atoms with E-state index >= 15 is 0 Å². The highest BCUT2D eigenvalue weighted by atomic mass is 32.1. The minimum Gasteiger partial charge on any atom is -0.311 e. The van der Waals surface area contributed by atoms with Crippen molar-refractivity contribution in [3.8, 4) is 55.6 Å². The second-order valence-electron chi connectivity index (χ2n) is 18.4. The first kappa shape index (κ1) is 41.4. The quantitative estimate of drug-likeness (QED) is 0.147. The fraction of sp³-hybridized carbons (Fsp3) is 0. The maximum Gasteiger partial charge on any atom is 0.0462 e. The zero-order valence-electron chi connectivity index (χ0n) is 38.6. The number of benzene rings is 12. The summed E-state index contributed by atoms with van der Waals surface area (Å²) in [6.07, 6.45) is 0. The molecule has 2 heterocycles. The van der Waals surface area contributed by atoms with Crippen molar-refractivity contribution in [2.45, 2.75) is 0 Å². The van der Waals surface area contributed by atoms with Gasteiger partial charge < -0.3 is 4.90 Å². The van der Waals surface area contributed by atoms with E-state index in [1.165, 1.54) is 112 Å². The zero-order chi connectivity index (χ0) is 46.8. The van der Waals surface area contributed by atoms with E-state index in [1.54, 1.807) is 0 Å². The van der Waals surface area contributed by atoms with Crippen LogP contribution in [0.25, 0.3) is 118 Å². The van der Waals surface area contributed by atoms with Crippen molar-refractivity contribution >= 4 is 102 Å². The second-order valence-corrected chi connectivity index (χ2v) is 20.5. The highest BCUT2D eigenvalue weighted by molar-refractivity contribution is 7.26. The van der Waals surface area contributed by atoms with Gasteiger partial charge in [0.05, 0.1) is 0 Å². The van der Waals surface area contributed by atoms with E-state index < -0.39 is 0 Å². The maximum atomic E-state index is 2.39. The Morgan fingerprint density at radius 1 is 0.225 bits per heavy atom. The SMILES string of the molecule is c1ccc2c(-c3cc(-c4ccc(N(c5ccc(-c6cccc7c6sc6ccccc67)cc5)c5ccc(-c6cccc7c6sc6ccccc67)cc5)cc4)cc(-c4cccc5ccccc45)c3)cccc2c1. The Kier molecular flexibility index (Phi) is 9.97. The Labute approximate surface area is 420 Å². The van der Waals surface area contributed by atoms with Crippen molar-refractivity contribution in [2.75, 3.05) is 4.90 Å². The summed E-state index contributed by atoms with van der Waals surface area (Å²) in [7, 11) is 0. The van der Waals surface area contributed by atoms with Crippen molar-refractivity contribution < 1.29 is 0 Å². The predicted molar refractivity (Wildman–Crippen MR) is 309 cm³/mol. The highest BCUT2D eigenvalue weighted by Gasteiger charge is 2.18. The van der Waals surface area contributed by atoms with Crippen molar-refractivity contribution in [3.63, 3.8) is 0 Å². The van der Waals surface area contributed by atoms with Crippen LogP contribution < -0.4 is 4.90 Å². The van der Waals surface area contributed by atoms with Gasteiger partial charge in [0, 0.05) is 57.4 Å². The number of thiophene rings is 2. The van der Waals surface area contributed by atoms with Crippen LogP contribution in [-0.4, -0.2) is 0 Å². The van der Waals surface area contributed by atoms with Gasteiger partial charge in [0.15, 0.2) is 0 Å². The van der Waals surface area contributed by atoms with E-state index in [-0.39, 0.29) is 0 Å². The smallest absolute Gasteiger partial charge is 0.0462 e. The van der Waals surface area contributed by atoms with Crippen LogP contribution in [0.4, 0.5) is 17.1 Å². The van der Waals surface area contributed by atoms with Crippen LogP contribution in [0, 0.1) is 0 Å². The Morgan fingerprint density at radius 2 is 0.563 bits per heavy atom. The molecule has 0 N–H and O–H groups in total. The van der Waals surface area contributed by atoms with Crippen molar-refractivity contribution in [1.29, 1.82) is 0 Å². The van der Waals surface area contributed by atoms with Crippen LogP contribution in [0.15, 0.2) is 261 Å². The summed E-state index contributed by atoms with van der Waals surface area (Å²) in [4.78, 5) is 2.39. The largest absolute Gasteiger partial charge is 0.311 e. The summed E-state index contributed by atoms with van der Waals surface area (Å²) in [5, 5.41) is 10.2. The molecule has 0 bridgehead atoms. The number of anilines is 3. The Bertz CT molecular complexity index is 4060. The van der Waals surface area contributed by atoms with Gasteiger partial charge in [-0.15, -0.1) is 22.7 Å². The summed E-state index contributed by atoms with van der Waals surface area (Å²) in [5.41, 5.74) is 15.4. The number of rotatable bonds is 8. The van der Waals surface area contributed by atoms with Crippen molar-refractivity contribution in [1.82, 2.24) is 0 Å². The molecule has 0 saturated carbocycles. The van der Waals surface area contributed by atoms with Crippen LogP contribution in [0.2, 0.25) is 0 Å². The average molecular weight is 938 g/mol. The first-order valence-corrected chi connectivity index (χ1v) is 25.9. The summed E-state index contributed by atoms with van der Waals surface area (Å²) >= 11 is 3.76. The zero-order valence-corrected chi connectivity index (χ0v) is 40.2. The third-order valence-corrected chi connectivity index (χ3v) is 16.7.